The van der Waals surface area contributed by atoms with Crippen molar-refractivity contribution in [2.45, 2.75) is 19.6 Å². The lowest BCUT2D eigenvalue weighted by Gasteiger charge is -2.16. The summed E-state index contributed by atoms with van der Waals surface area (Å²) >= 11 is 5.73. The summed E-state index contributed by atoms with van der Waals surface area (Å²) in [6.07, 6.45) is -0.675. The zero-order valence-corrected chi connectivity index (χ0v) is 11.1. The predicted octanol–water partition coefficient (Wildman–Crippen LogP) is 1.84. The molecular formula is C12H15ClN2O4. The number of benzene rings is 1. The summed E-state index contributed by atoms with van der Waals surface area (Å²) in [5, 5.41) is 13.9. The maximum Gasteiger partial charge on any atom is 0.317 e. The summed E-state index contributed by atoms with van der Waals surface area (Å²) in [6.45, 7) is 1.72. The van der Waals surface area contributed by atoms with Crippen LogP contribution < -0.4 is 15.4 Å². The second-order valence-corrected chi connectivity index (χ2v) is 4.19. The van der Waals surface area contributed by atoms with Crippen LogP contribution in [0.4, 0.5) is 4.79 Å². The fraction of sp³-hybridized carbons (Fsp3) is 0.333. The molecule has 1 atom stereocenters. The van der Waals surface area contributed by atoms with Crippen LogP contribution >= 0.6 is 11.6 Å². The van der Waals surface area contributed by atoms with E-state index in [0.717, 1.165) is 0 Å². The summed E-state index contributed by atoms with van der Waals surface area (Å²) < 4.78 is 5.42. The van der Waals surface area contributed by atoms with Crippen LogP contribution in [-0.2, 0) is 4.79 Å². The maximum atomic E-state index is 11.4. The molecule has 1 unspecified atom stereocenters. The number of ether oxygens (including phenoxy) is 1. The van der Waals surface area contributed by atoms with Gasteiger partial charge in [0.1, 0.15) is 5.75 Å². The number of carboxylic acids is 1. The van der Waals surface area contributed by atoms with E-state index in [2.05, 4.69) is 10.6 Å². The van der Waals surface area contributed by atoms with Crippen molar-refractivity contribution in [2.24, 2.45) is 0 Å². The highest BCUT2D eigenvalue weighted by Gasteiger charge is 2.08. The predicted molar refractivity (Wildman–Crippen MR) is 70.3 cm³/mol. The fourth-order valence-corrected chi connectivity index (χ4v) is 1.39. The largest absolute Gasteiger partial charge is 0.481 e. The Hall–Kier alpha value is -1.95. The van der Waals surface area contributed by atoms with Gasteiger partial charge in [-0.3, -0.25) is 4.79 Å². The average Bonchev–Trinajstić information content (AvgIpc) is 2.31. The number of aliphatic carboxylic acids is 1. The van der Waals surface area contributed by atoms with Gasteiger partial charge >= 0.3 is 12.0 Å². The highest BCUT2D eigenvalue weighted by Crippen LogP contribution is 2.16. The number of urea groups is 1. The molecule has 0 spiro atoms. The first-order chi connectivity index (χ1) is 8.97. The van der Waals surface area contributed by atoms with Gasteiger partial charge < -0.3 is 20.5 Å². The summed E-state index contributed by atoms with van der Waals surface area (Å²) in [7, 11) is 0. The number of hydrogen-bond acceptors (Lipinski definition) is 3. The molecule has 1 aromatic rings. The molecule has 0 aromatic heterocycles. The number of amides is 2. The molecule has 3 N–H and O–H groups in total. The topological polar surface area (TPSA) is 87.7 Å². The first kappa shape index (κ1) is 15.1. The number of carbonyl (C=O) groups is 2. The van der Waals surface area contributed by atoms with Crippen LogP contribution in [0.5, 0.6) is 5.75 Å². The monoisotopic (exact) mass is 286 g/mol. The number of hydrogen-bond donors (Lipinski definition) is 3. The standard InChI is InChI=1S/C12H15ClN2O4/c1-8(15-12(18)14-7-6-11(16)17)19-10-4-2-9(13)3-5-10/h2-5,8H,6-7H2,1H3,(H,16,17)(H2,14,15,18). The van der Waals surface area contributed by atoms with Crippen molar-refractivity contribution in [3.63, 3.8) is 0 Å². The minimum absolute atomic E-state index is 0.0643. The van der Waals surface area contributed by atoms with Gasteiger partial charge in [0.2, 0.25) is 0 Å². The third kappa shape index (κ3) is 6.52. The Bertz CT molecular complexity index is 436. The average molecular weight is 287 g/mol. The molecule has 1 aromatic carbocycles. The molecule has 6 nitrogen and oxygen atoms in total. The Labute approximate surface area is 115 Å². The van der Waals surface area contributed by atoms with Gasteiger partial charge in [-0.15, -0.1) is 0 Å². The molecule has 1 rings (SSSR count). The van der Waals surface area contributed by atoms with E-state index >= 15 is 0 Å². The first-order valence-electron chi connectivity index (χ1n) is 5.66. The lowest BCUT2D eigenvalue weighted by atomic mass is 10.3. The van der Waals surface area contributed by atoms with Crippen LogP contribution in [0.1, 0.15) is 13.3 Å². The normalized spacial score (nSPS) is 11.5. The highest BCUT2D eigenvalue weighted by molar-refractivity contribution is 6.30. The molecule has 0 aliphatic carbocycles. The smallest absolute Gasteiger partial charge is 0.317 e. The van der Waals surface area contributed by atoms with Crippen LogP contribution in [0.2, 0.25) is 5.02 Å². The lowest BCUT2D eigenvalue weighted by Crippen LogP contribution is -2.43. The van der Waals surface area contributed by atoms with Gasteiger partial charge in [0.15, 0.2) is 6.23 Å². The van der Waals surface area contributed by atoms with Gasteiger partial charge in [0, 0.05) is 11.6 Å². The second kappa shape index (κ2) is 7.48. The van der Waals surface area contributed by atoms with E-state index in [1.807, 2.05) is 0 Å². The molecule has 7 heteroatoms. The number of carboxylic acid groups (broad SMARTS) is 1. The summed E-state index contributed by atoms with van der Waals surface area (Å²) in [6, 6.07) is 6.24. The maximum absolute atomic E-state index is 11.4. The van der Waals surface area contributed by atoms with E-state index in [9.17, 15) is 9.59 Å². The Morgan fingerprint density at radius 1 is 1.37 bits per heavy atom. The minimum atomic E-state index is -0.967. The Morgan fingerprint density at radius 3 is 2.58 bits per heavy atom. The Balaban J connectivity index is 2.30. The molecule has 104 valence electrons. The van der Waals surface area contributed by atoms with Crippen molar-refractivity contribution in [3.8, 4) is 5.75 Å². The number of rotatable bonds is 6. The van der Waals surface area contributed by atoms with Gasteiger partial charge in [0.25, 0.3) is 0 Å². The van der Waals surface area contributed by atoms with Crippen molar-refractivity contribution in [2.75, 3.05) is 6.54 Å². The third-order valence-corrected chi connectivity index (χ3v) is 2.34. The summed E-state index contributed by atoms with van der Waals surface area (Å²) in [5.74, 6) is -0.395. The molecule has 19 heavy (non-hydrogen) atoms. The van der Waals surface area contributed by atoms with Crippen LogP contribution in [0, 0.1) is 0 Å². The van der Waals surface area contributed by atoms with Crippen molar-refractivity contribution >= 4 is 23.6 Å². The van der Waals surface area contributed by atoms with Crippen molar-refractivity contribution in [1.82, 2.24) is 10.6 Å². The van der Waals surface area contributed by atoms with Crippen molar-refractivity contribution in [3.05, 3.63) is 29.3 Å². The van der Waals surface area contributed by atoms with Gasteiger partial charge in [-0.2, -0.15) is 0 Å². The molecule has 2 amide bonds. The number of carbonyl (C=O) groups excluding carboxylic acids is 1. The molecule has 0 saturated carbocycles. The zero-order chi connectivity index (χ0) is 14.3. The van der Waals surface area contributed by atoms with E-state index < -0.39 is 18.2 Å². The van der Waals surface area contributed by atoms with Gasteiger partial charge in [-0.25, -0.2) is 4.79 Å². The third-order valence-electron chi connectivity index (χ3n) is 2.09. The van der Waals surface area contributed by atoms with E-state index in [1.165, 1.54) is 0 Å². The SMILES string of the molecule is CC(NC(=O)NCCC(=O)O)Oc1ccc(Cl)cc1. The molecular weight excluding hydrogens is 272 g/mol. The summed E-state index contributed by atoms with van der Waals surface area (Å²) in [5.41, 5.74) is 0. The summed E-state index contributed by atoms with van der Waals surface area (Å²) in [4.78, 5) is 21.6. The lowest BCUT2D eigenvalue weighted by molar-refractivity contribution is -0.136. The Morgan fingerprint density at radius 2 is 2.00 bits per heavy atom. The highest BCUT2D eigenvalue weighted by atomic mass is 35.5. The molecule has 0 fully saturated rings. The molecule has 0 aliphatic heterocycles. The molecule has 0 bridgehead atoms. The molecule has 0 saturated heterocycles. The Kier molecular flexibility index (Phi) is 5.95. The number of halogens is 1. The van der Waals surface area contributed by atoms with Crippen LogP contribution in [0.3, 0.4) is 0 Å². The minimum Gasteiger partial charge on any atom is -0.481 e. The van der Waals surface area contributed by atoms with E-state index in [-0.39, 0.29) is 13.0 Å². The van der Waals surface area contributed by atoms with Crippen LogP contribution in [-0.4, -0.2) is 29.9 Å². The first-order valence-corrected chi connectivity index (χ1v) is 6.03. The van der Waals surface area contributed by atoms with Crippen LogP contribution in [0.15, 0.2) is 24.3 Å². The number of nitrogens with one attached hydrogen (secondary N) is 2. The zero-order valence-electron chi connectivity index (χ0n) is 10.4. The van der Waals surface area contributed by atoms with Crippen molar-refractivity contribution in [1.29, 1.82) is 0 Å². The van der Waals surface area contributed by atoms with E-state index in [4.69, 9.17) is 21.4 Å². The van der Waals surface area contributed by atoms with Gasteiger partial charge in [-0.1, -0.05) is 11.6 Å². The van der Waals surface area contributed by atoms with Gasteiger partial charge in [-0.05, 0) is 31.2 Å². The fourth-order valence-electron chi connectivity index (χ4n) is 1.27. The molecule has 0 radical (unpaired) electrons. The molecule has 0 heterocycles. The van der Waals surface area contributed by atoms with E-state index in [0.29, 0.717) is 10.8 Å². The van der Waals surface area contributed by atoms with E-state index in [1.54, 1.807) is 31.2 Å². The van der Waals surface area contributed by atoms with Gasteiger partial charge in [0.05, 0.1) is 6.42 Å². The molecule has 0 aliphatic rings. The quantitative estimate of drug-likeness (QED) is 0.696. The van der Waals surface area contributed by atoms with Crippen LogP contribution in [0.25, 0.3) is 0 Å². The second-order valence-electron chi connectivity index (χ2n) is 3.76. The van der Waals surface area contributed by atoms with Crippen molar-refractivity contribution < 1.29 is 19.4 Å².